The van der Waals surface area contributed by atoms with Crippen LogP contribution in [0.15, 0.2) is 24.3 Å². The maximum absolute atomic E-state index is 5.44. The van der Waals surface area contributed by atoms with Crippen LogP contribution in [0, 0.1) is 0 Å². The predicted molar refractivity (Wildman–Crippen MR) is 63.8 cm³/mol. The molecule has 0 bridgehead atoms. The third kappa shape index (κ3) is 2.36. The van der Waals surface area contributed by atoms with Gasteiger partial charge in [0, 0.05) is 18.7 Å². The smallest absolute Gasteiger partial charge is 0.123 e. The lowest BCUT2D eigenvalue weighted by atomic mass is 9.95. The zero-order valence-electron chi connectivity index (χ0n) is 9.90. The van der Waals surface area contributed by atoms with E-state index in [-0.39, 0.29) is 0 Å². The summed E-state index contributed by atoms with van der Waals surface area (Å²) in [7, 11) is 3.50. The molecule has 3 nitrogen and oxygen atoms in total. The Balaban J connectivity index is 2.16. The molecule has 1 heterocycles. The van der Waals surface area contributed by atoms with E-state index in [0.29, 0.717) is 12.1 Å². The lowest BCUT2D eigenvalue weighted by molar-refractivity contribution is 0.0616. The van der Waals surface area contributed by atoms with Crippen LogP contribution in [0.1, 0.15) is 24.4 Å². The van der Waals surface area contributed by atoms with E-state index in [1.165, 1.54) is 5.56 Å². The van der Waals surface area contributed by atoms with Crippen molar-refractivity contribution >= 4 is 0 Å². The maximum atomic E-state index is 5.44. The number of hydrogen-bond donors (Lipinski definition) is 1. The molecule has 1 N–H and O–H groups in total. The quantitative estimate of drug-likeness (QED) is 0.848. The molecule has 1 aliphatic heterocycles. The van der Waals surface area contributed by atoms with Gasteiger partial charge < -0.3 is 14.8 Å². The fourth-order valence-corrected chi connectivity index (χ4v) is 2.29. The van der Waals surface area contributed by atoms with Gasteiger partial charge in [0.2, 0.25) is 0 Å². The van der Waals surface area contributed by atoms with E-state index in [4.69, 9.17) is 9.47 Å². The predicted octanol–water partition coefficient (Wildman–Crippen LogP) is 2.13. The highest BCUT2D eigenvalue weighted by molar-refractivity contribution is 5.36. The lowest BCUT2D eigenvalue weighted by Crippen LogP contribution is -2.35. The highest BCUT2D eigenvalue weighted by Gasteiger charge is 2.24. The first-order valence-corrected chi connectivity index (χ1v) is 5.74. The molecule has 1 saturated heterocycles. The third-order valence-electron chi connectivity index (χ3n) is 3.20. The van der Waals surface area contributed by atoms with E-state index in [9.17, 15) is 0 Å². The summed E-state index contributed by atoms with van der Waals surface area (Å²) in [6.45, 7) is 1.00. The van der Waals surface area contributed by atoms with Gasteiger partial charge in [0.05, 0.1) is 13.2 Å². The number of piperidine rings is 1. The molecule has 0 amide bonds. The molecule has 2 unspecified atom stereocenters. The van der Waals surface area contributed by atoms with Crippen molar-refractivity contribution in [2.75, 3.05) is 20.8 Å². The lowest BCUT2D eigenvalue weighted by Gasteiger charge is -2.30. The van der Waals surface area contributed by atoms with Crippen molar-refractivity contribution in [2.45, 2.75) is 25.0 Å². The molecule has 2 rings (SSSR count). The summed E-state index contributed by atoms with van der Waals surface area (Å²) in [6, 6.07) is 8.52. The van der Waals surface area contributed by atoms with Crippen LogP contribution in [0.4, 0.5) is 0 Å². The molecule has 1 fully saturated rings. The van der Waals surface area contributed by atoms with Gasteiger partial charge >= 0.3 is 0 Å². The molecular formula is C13H19NO2. The Bertz CT molecular complexity index is 340. The van der Waals surface area contributed by atoms with E-state index in [0.717, 1.165) is 25.1 Å². The van der Waals surface area contributed by atoms with Gasteiger partial charge in [-0.1, -0.05) is 18.2 Å². The van der Waals surface area contributed by atoms with Gasteiger partial charge in [0.15, 0.2) is 0 Å². The second kappa shape index (κ2) is 5.32. The van der Waals surface area contributed by atoms with E-state index in [2.05, 4.69) is 17.4 Å². The molecule has 0 saturated carbocycles. The zero-order chi connectivity index (χ0) is 11.4. The summed E-state index contributed by atoms with van der Waals surface area (Å²) >= 11 is 0. The standard InChI is InChI=1S/C13H19NO2/c1-15-10-7-8-14-12(9-10)11-5-3-4-6-13(11)16-2/h3-6,10,12,14H,7-9H2,1-2H3. The highest BCUT2D eigenvalue weighted by atomic mass is 16.5. The molecule has 0 radical (unpaired) electrons. The molecule has 0 aliphatic carbocycles. The third-order valence-corrected chi connectivity index (χ3v) is 3.20. The Kier molecular flexibility index (Phi) is 3.80. The van der Waals surface area contributed by atoms with Crippen LogP contribution >= 0.6 is 0 Å². The highest BCUT2D eigenvalue weighted by Crippen LogP contribution is 2.30. The molecule has 0 spiro atoms. The van der Waals surface area contributed by atoms with Crippen molar-refractivity contribution in [3.05, 3.63) is 29.8 Å². The number of benzene rings is 1. The molecule has 88 valence electrons. The summed E-state index contributed by atoms with van der Waals surface area (Å²) in [6.07, 6.45) is 2.45. The van der Waals surface area contributed by atoms with Gasteiger partial charge in [-0.15, -0.1) is 0 Å². The zero-order valence-corrected chi connectivity index (χ0v) is 9.90. The normalized spacial score (nSPS) is 25.4. The van der Waals surface area contributed by atoms with E-state index in [1.54, 1.807) is 14.2 Å². The Hall–Kier alpha value is -1.06. The molecule has 2 atom stereocenters. The minimum absolute atomic E-state index is 0.342. The molecule has 3 heteroatoms. The van der Waals surface area contributed by atoms with Gasteiger partial charge in [0.25, 0.3) is 0 Å². The van der Waals surface area contributed by atoms with E-state index >= 15 is 0 Å². The van der Waals surface area contributed by atoms with Crippen molar-refractivity contribution in [1.29, 1.82) is 0 Å². The Labute approximate surface area is 96.8 Å². The summed E-state index contributed by atoms with van der Waals surface area (Å²) in [5.74, 6) is 0.955. The minimum Gasteiger partial charge on any atom is -0.496 e. The number of para-hydroxylation sites is 1. The molecule has 1 aromatic rings. The summed E-state index contributed by atoms with van der Waals surface area (Å²) in [5.41, 5.74) is 1.23. The minimum atomic E-state index is 0.342. The first-order valence-electron chi connectivity index (χ1n) is 5.74. The first-order chi connectivity index (χ1) is 7.85. The summed E-state index contributed by atoms with van der Waals surface area (Å²) in [4.78, 5) is 0. The second-order valence-electron chi connectivity index (χ2n) is 4.13. The fraction of sp³-hybridized carbons (Fsp3) is 0.538. The summed E-state index contributed by atoms with van der Waals surface area (Å²) < 4.78 is 10.8. The Morgan fingerprint density at radius 1 is 1.25 bits per heavy atom. The van der Waals surface area contributed by atoms with E-state index < -0.39 is 0 Å². The Morgan fingerprint density at radius 2 is 2.06 bits per heavy atom. The summed E-state index contributed by atoms with van der Waals surface area (Å²) in [5, 5.41) is 3.51. The van der Waals surface area contributed by atoms with Crippen LogP contribution in [0.25, 0.3) is 0 Å². The second-order valence-corrected chi connectivity index (χ2v) is 4.13. The maximum Gasteiger partial charge on any atom is 0.123 e. The van der Waals surface area contributed by atoms with Crippen molar-refractivity contribution in [1.82, 2.24) is 5.32 Å². The molecule has 0 aromatic heterocycles. The fourth-order valence-electron chi connectivity index (χ4n) is 2.29. The van der Waals surface area contributed by atoms with Crippen LogP contribution in [0.2, 0.25) is 0 Å². The van der Waals surface area contributed by atoms with Crippen LogP contribution in [0.5, 0.6) is 5.75 Å². The average molecular weight is 221 g/mol. The van der Waals surface area contributed by atoms with Crippen molar-refractivity contribution in [3.8, 4) is 5.75 Å². The molecular weight excluding hydrogens is 202 g/mol. The van der Waals surface area contributed by atoms with Crippen LogP contribution in [-0.2, 0) is 4.74 Å². The first kappa shape index (κ1) is 11.4. The number of hydrogen-bond acceptors (Lipinski definition) is 3. The van der Waals surface area contributed by atoms with Gasteiger partial charge in [-0.2, -0.15) is 0 Å². The van der Waals surface area contributed by atoms with Gasteiger partial charge in [-0.3, -0.25) is 0 Å². The van der Waals surface area contributed by atoms with Crippen molar-refractivity contribution in [3.63, 3.8) is 0 Å². The number of ether oxygens (including phenoxy) is 2. The van der Waals surface area contributed by atoms with Crippen LogP contribution < -0.4 is 10.1 Å². The molecule has 16 heavy (non-hydrogen) atoms. The van der Waals surface area contributed by atoms with Crippen LogP contribution in [-0.4, -0.2) is 26.9 Å². The molecule has 1 aliphatic rings. The molecule has 1 aromatic carbocycles. The topological polar surface area (TPSA) is 30.5 Å². The monoisotopic (exact) mass is 221 g/mol. The Morgan fingerprint density at radius 3 is 2.81 bits per heavy atom. The van der Waals surface area contributed by atoms with Crippen LogP contribution in [0.3, 0.4) is 0 Å². The largest absolute Gasteiger partial charge is 0.496 e. The number of rotatable bonds is 3. The number of nitrogens with one attached hydrogen (secondary N) is 1. The van der Waals surface area contributed by atoms with E-state index in [1.807, 2.05) is 12.1 Å². The van der Waals surface area contributed by atoms with Crippen molar-refractivity contribution < 1.29 is 9.47 Å². The SMILES string of the molecule is COc1ccccc1C1CC(OC)CCN1. The number of methoxy groups -OCH3 is 2. The van der Waals surface area contributed by atoms with Gasteiger partial charge in [0.1, 0.15) is 5.75 Å². The van der Waals surface area contributed by atoms with Gasteiger partial charge in [-0.05, 0) is 25.5 Å². The van der Waals surface area contributed by atoms with Gasteiger partial charge in [-0.25, -0.2) is 0 Å². The average Bonchev–Trinajstić information content (AvgIpc) is 2.38. The van der Waals surface area contributed by atoms with Crippen molar-refractivity contribution in [2.24, 2.45) is 0 Å².